The Kier molecular flexibility index (Phi) is 1.46. The van der Waals surface area contributed by atoms with Crippen LogP contribution in [0.3, 0.4) is 0 Å². The molecule has 0 radical (unpaired) electrons. The molecule has 0 saturated heterocycles. The largest absolute Gasteiger partial charge is 0.393 e. The highest BCUT2D eigenvalue weighted by Gasteiger charge is 2.42. The van der Waals surface area contributed by atoms with Gasteiger partial charge in [-0.3, -0.25) is 0 Å². The predicted octanol–water partition coefficient (Wildman–Crippen LogP) is 0.528. The van der Waals surface area contributed by atoms with Crippen molar-refractivity contribution in [3.05, 3.63) is 0 Å². The van der Waals surface area contributed by atoms with Crippen molar-refractivity contribution < 1.29 is 10.2 Å². The Morgan fingerprint density at radius 1 is 0.900 bits per heavy atom. The van der Waals surface area contributed by atoms with Gasteiger partial charge in [0.05, 0.1) is 12.2 Å². The molecule has 4 atom stereocenters. The molecule has 2 heteroatoms. The van der Waals surface area contributed by atoms with Gasteiger partial charge in [-0.25, -0.2) is 0 Å². The third-order valence-corrected chi connectivity index (χ3v) is 3.12. The predicted molar refractivity (Wildman–Crippen MR) is 37.5 cm³/mol. The van der Waals surface area contributed by atoms with Gasteiger partial charge < -0.3 is 10.2 Å². The maximum atomic E-state index is 9.52. The molecule has 58 valence electrons. The van der Waals surface area contributed by atoms with E-state index in [0.29, 0.717) is 5.92 Å². The minimum absolute atomic E-state index is 0.191. The van der Waals surface area contributed by atoms with E-state index in [1.165, 1.54) is 0 Å². The van der Waals surface area contributed by atoms with Gasteiger partial charge in [0.25, 0.3) is 0 Å². The smallest absolute Gasteiger partial charge is 0.0621 e. The van der Waals surface area contributed by atoms with Crippen LogP contribution >= 0.6 is 0 Å². The summed E-state index contributed by atoms with van der Waals surface area (Å²) in [7, 11) is 0. The molecule has 0 amide bonds. The van der Waals surface area contributed by atoms with Crippen molar-refractivity contribution in [3.63, 3.8) is 0 Å². The molecule has 2 N–H and O–H groups in total. The Balaban J connectivity index is 2.13. The number of hydrogen-bond acceptors (Lipinski definition) is 2. The number of rotatable bonds is 0. The monoisotopic (exact) mass is 142 g/mol. The lowest BCUT2D eigenvalue weighted by Crippen LogP contribution is -2.35. The second-order valence-electron chi connectivity index (χ2n) is 3.64. The van der Waals surface area contributed by atoms with Gasteiger partial charge in [0.15, 0.2) is 0 Å². The van der Waals surface area contributed by atoms with E-state index in [-0.39, 0.29) is 18.1 Å². The Labute approximate surface area is 60.9 Å². The van der Waals surface area contributed by atoms with Crippen LogP contribution in [0, 0.1) is 11.8 Å². The zero-order valence-corrected chi connectivity index (χ0v) is 6.03. The lowest BCUT2D eigenvalue weighted by Gasteiger charge is -2.29. The quantitative estimate of drug-likeness (QED) is 0.518. The Hall–Kier alpha value is -0.0800. The Morgan fingerprint density at radius 3 is 2.30 bits per heavy atom. The molecule has 2 rings (SSSR count). The molecule has 2 nitrogen and oxygen atoms in total. The van der Waals surface area contributed by atoms with E-state index in [1.807, 2.05) is 0 Å². The van der Waals surface area contributed by atoms with Crippen LogP contribution in [0.4, 0.5) is 0 Å². The van der Waals surface area contributed by atoms with Crippen LogP contribution in [0.25, 0.3) is 0 Å². The van der Waals surface area contributed by atoms with E-state index >= 15 is 0 Å². The summed E-state index contributed by atoms with van der Waals surface area (Å²) in [6.07, 6.45) is 3.69. The average molecular weight is 142 g/mol. The van der Waals surface area contributed by atoms with Crippen LogP contribution in [0.1, 0.15) is 25.7 Å². The summed E-state index contributed by atoms with van der Waals surface area (Å²) in [4.78, 5) is 0. The molecule has 2 fully saturated rings. The molecule has 0 aliphatic heterocycles. The van der Waals surface area contributed by atoms with Crippen molar-refractivity contribution in [2.24, 2.45) is 11.8 Å². The van der Waals surface area contributed by atoms with Crippen molar-refractivity contribution in [2.75, 3.05) is 0 Å². The van der Waals surface area contributed by atoms with Crippen LogP contribution in [0.15, 0.2) is 0 Å². The molecular formula is C8H14O2. The minimum Gasteiger partial charge on any atom is -0.393 e. The highest BCUT2D eigenvalue weighted by Crippen LogP contribution is 2.42. The number of hydrogen-bond donors (Lipinski definition) is 2. The van der Waals surface area contributed by atoms with Gasteiger partial charge in [0.2, 0.25) is 0 Å². The van der Waals surface area contributed by atoms with E-state index in [4.69, 9.17) is 0 Å². The fraction of sp³-hybridized carbons (Fsp3) is 1.00. The molecule has 0 aromatic rings. The molecular weight excluding hydrogens is 128 g/mol. The van der Waals surface area contributed by atoms with E-state index < -0.39 is 0 Å². The number of fused-ring (bicyclic) bond motifs is 2. The van der Waals surface area contributed by atoms with E-state index in [9.17, 15) is 10.2 Å². The Bertz CT molecular complexity index is 135. The zero-order chi connectivity index (χ0) is 7.14. The summed E-state index contributed by atoms with van der Waals surface area (Å²) >= 11 is 0. The highest BCUT2D eigenvalue weighted by atomic mass is 16.3. The van der Waals surface area contributed by atoms with Crippen molar-refractivity contribution in [2.45, 2.75) is 37.9 Å². The van der Waals surface area contributed by atoms with Gasteiger partial charge >= 0.3 is 0 Å². The van der Waals surface area contributed by atoms with Gasteiger partial charge in [-0.1, -0.05) is 0 Å². The second-order valence-corrected chi connectivity index (χ2v) is 3.64. The fourth-order valence-corrected chi connectivity index (χ4v) is 2.43. The highest BCUT2D eigenvalue weighted by molar-refractivity contribution is 4.93. The van der Waals surface area contributed by atoms with Crippen molar-refractivity contribution >= 4 is 0 Å². The molecule has 2 saturated carbocycles. The lowest BCUT2D eigenvalue weighted by atomic mass is 9.84. The van der Waals surface area contributed by atoms with E-state index in [1.54, 1.807) is 0 Å². The van der Waals surface area contributed by atoms with Gasteiger partial charge in [-0.05, 0) is 31.6 Å². The molecule has 0 heterocycles. The molecule has 10 heavy (non-hydrogen) atoms. The van der Waals surface area contributed by atoms with Crippen LogP contribution in [0.2, 0.25) is 0 Å². The van der Waals surface area contributed by atoms with Crippen LogP contribution < -0.4 is 0 Å². The van der Waals surface area contributed by atoms with Gasteiger partial charge in [-0.2, -0.15) is 0 Å². The number of aliphatic hydroxyl groups excluding tert-OH is 2. The molecule has 0 unspecified atom stereocenters. The van der Waals surface area contributed by atoms with E-state index in [2.05, 4.69) is 0 Å². The fourth-order valence-electron chi connectivity index (χ4n) is 2.43. The molecule has 2 bridgehead atoms. The maximum Gasteiger partial charge on any atom is 0.0621 e. The van der Waals surface area contributed by atoms with E-state index in [0.717, 1.165) is 25.7 Å². The SMILES string of the molecule is O[C@H]1[C@@H]2CC[C@H]1[C@H](O)CC2. The van der Waals surface area contributed by atoms with Crippen LogP contribution in [-0.4, -0.2) is 22.4 Å². The summed E-state index contributed by atoms with van der Waals surface area (Å²) in [5.41, 5.74) is 0. The zero-order valence-electron chi connectivity index (χ0n) is 6.03. The van der Waals surface area contributed by atoms with Gasteiger partial charge in [0.1, 0.15) is 0 Å². The standard InChI is InChI=1S/C8H14O2/c9-7-4-2-5-1-3-6(7)8(5)10/h5-10H,1-4H2/t5-,6+,7-,8+/m1/s1. The molecule has 0 aromatic carbocycles. The number of aliphatic hydroxyl groups is 2. The maximum absolute atomic E-state index is 9.52. The first-order valence-electron chi connectivity index (χ1n) is 4.15. The summed E-state index contributed by atoms with van der Waals surface area (Å²) in [5, 5.41) is 18.9. The molecule has 2 aliphatic rings. The third kappa shape index (κ3) is 0.789. The van der Waals surface area contributed by atoms with Gasteiger partial charge in [-0.15, -0.1) is 0 Å². The summed E-state index contributed by atoms with van der Waals surface area (Å²) in [6.45, 7) is 0. The summed E-state index contributed by atoms with van der Waals surface area (Å²) in [6, 6.07) is 0. The third-order valence-electron chi connectivity index (χ3n) is 3.12. The van der Waals surface area contributed by atoms with Crippen molar-refractivity contribution in [1.29, 1.82) is 0 Å². The van der Waals surface area contributed by atoms with Gasteiger partial charge in [0, 0.05) is 5.92 Å². The minimum atomic E-state index is -0.214. The lowest BCUT2D eigenvalue weighted by molar-refractivity contribution is -0.0224. The summed E-state index contributed by atoms with van der Waals surface area (Å²) < 4.78 is 0. The van der Waals surface area contributed by atoms with Crippen molar-refractivity contribution in [3.8, 4) is 0 Å². The van der Waals surface area contributed by atoms with Crippen LogP contribution in [0.5, 0.6) is 0 Å². The molecule has 0 aromatic heterocycles. The first-order chi connectivity index (χ1) is 4.79. The molecule has 2 aliphatic carbocycles. The summed E-state index contributed by atoms with van der Waals surface area (Å²) in [5.74, 6) is 0.715. The molecule has 0 spiro atoms. The first kappa shape index (κ1) is 6.62. The topological polar surface area (TPSA) is 40.5 Å². The second kappa shape index (κ2) is 2.21. The van der Waals surface area contributed by atoms with Crippen molar-refractivity contribution in [1.82, 2.24) is 0 Å². The normalized spacial score (nSPS) is 53.4. The Morgan fingerprint density at radius 2 is 1.60 bits per heavy atom. The van der Waals surface area contributed by atoms with Crippen LogP contribution in [-0.2, 0) is 0 Å². The first-order valence-corrected chi connectivity index (χ1v) is 4.15. The average Bonchev–Trinajstić information content (AvgIpc) is 2.13.